The van der Waals surface area contributed by atoms with Crippen molar-refractivity contribution in [2.45, 2.75) is 31.0 Å². The molecule has 0 radical (unpaired) electrons. The molecule has 1 aromatic carbocycles. The molecule has 4 nitrogen and oxygen atoms in total. The Morgan fingerprint density at radius 1 is 1.38 bits per heavy atom. The molecule has 116 valence electrons. The summed E-state index contributed by atoms with van der Waals surface area (Å²) in [5.74, 6) is 0. The second kappa shape index (κ2) is 5.73. The Morgan fingerprint density at radius 3 is 2.52 bits per heavy atom. The van der Waals surface area contributed by atoms with Gasteiger partial charge in [-0.15, -0.1) is 0 Å². The Bertz CT molecular complexity index is 545. The molecule has 8 heteroatoms. The van der Waals surface area contributed by atoms with E-state index in [4.69, 9.17) is 11.6 Å². The van der Waals surface area contributed by atoms with E-state index in [0.29, 0.717) is 12.8 Å². The lowest BCUT2D eigenvalue weighted by atomic mass is 9.80. The Morgan fingerprint density at radius 2 is 2.05 bits per heavy atom. The Hall–Kier alpha value is -1.47. The van der Waals surface area contributed by atoms with Crippen LogP contribution in [0.5, 0.6) is 0 Å². The first-order chi connectivity index (χ1) is 9.70. The van der Waals surface area contributed by atoms with Crippen molar-refractivity contribution in [3.8, 4) is 0 Å². The number of halogens is 4. The summed E-state index contributed by atoms with van der Waals surface area (Å²) in [6.45, 7) is 0.0943. The van der Waals surface area contributed by atoms with E-state index in [9.17, 15) is 23.1 Å². The molecule has 1 aliphatic rings. The molecule has 3 N–H and O–H groups in total. The van der Waals surface area contributed by atoms with E-state index in [1.165, 1.54) is 0 Å². The maximum Gasteiger partial charge on any atom is 0.416 e. The van der Waals surface area contributed by atoms with Crippen LogP contribution in [-0.4, -0.2) is 23.3 Å². The molecule has 2 rings (SSSR count). The van der Waals surface area contributed by atoms with Crippen LogP contribution in [0.25, 0.3) is 0 Å². The number of hydrogen-bond acceptors (Lipinski definition) is 2. The van der Waals surface area contributed by atoms with Crippen LogP contribution in [0.1, 0.15) is 24.8 Å². The molecule has 0 bridgehead atoms. The van der Waals surface area contributed by atoms with Gasteiger partial charge in [-0.1, -0.05) is 11.6 Å². The van der Waals surface area contributed by atoms with E-state index in [2.05, 4.69) is 10.6 Å². The van der Waals surface area contributed by atoms with E-state index in [0.717, 1.165) is 24.6 Å². The van der Waals surface area contributed by atoms with Crippen LogP contribution in [0, 0.1) is 0 Å². The van der Waals surface area contributed by atoms with Gasteiger partial charge in [-0.3, -0.25) is 0 Å². The predicted molar refractivity (Wildman–Crippen MR) is 72.3 cm³/mol. The molecule has 1 aliphatic carbocycles. The molecule has 0 unspecified atom stereocenters. The van der Waals surface area contributed by atoms with Crippen molar-refractivity contribution in [1.82, 2.24) is 5.32 Å². The number of aliphatic hydroxyl groups is 1. The molecule has 1 fully saturated rings. The zero-order valence-corrected chi connectivity index (χ0v) is 11.7. The van der Waals surface area contributed by atoms with Gasteiger partial charge in [-0.25, -0.2) is 4.79 Å². The van der Waals surface area contributed by atoms with Crippen molar-refractivity contribution < 1.29 is 23.1 Å². The second-order valence-corrected chi connectivity index (χ2v) is 5.49. The maximum absolute atomic E-state index is 12.5. The molecule has 1 aromatic rings. The summed E-state index contributed by atoms with van der Waals surface area (Å²) in [6.07, 6.45) is -2.34. The summed E-state index contributed by atoms with van der Waals surface area (Å²) in [5.41, 5.74) is -1.69. The van der Waals surface area contributed by atoms with Crippen molar-refractivity contribution in [3.63, 3.8) is 0 Å². The highest BCUT2D eigenvalue weighted by molar-refractivity contribution is 6.33. The highest BCUT2D eigenvalue weighted by Gasteiger charge is 2.34. The van der Waals surface area contributed by atoms with Gasteiger partial charge in [0.15, 0.2) is 0 Å². The van der Waals surface area contributed by atoms with Gasteiger partial charge < -0.3 is 15.7 Å². The Kier molecular flexibility index (Phi) is 4.34. The van der Waals surface area contributed by atoms with E-state index in [1.807, 2.05) is 0 Å². The van der Waals surface area contributed by atoms with Gasteiger partial charge in [0.1, 0.15) is 0 Å². The fraction of sp³-hybridized carbons (Fsp3) is 0.462. The molecule has 21 heavy (non-hydrogen) atoms. The second-order valence-electron chi connectivity index (χ2n) is 5.08. The van der Waals surface area contributed by atoms with Crippen molar-refractivity contribution >= 4 is 23.3 Å². The minimum absolute atomic E-state index is 0.0720. The fourth-order valence-corrected chi connectivity index (χ4v) is 2.19. The number of rotatable bonds is 3. The fourth-order valence-electron chi connectivity index (χ4n) is 1.97. The number of urea groups is 1. The lowest BCUT2D eigenvalue weighted by Crippen LogP contribution is -2.48. The molecule has 2 amide bonds. The maximum atomic E-state index is 12.5. The first-order valence-electron chi connectivity index (χ1n) is 6.34. The molecule has 0 atom stereocenters. The van der Waals surface area contributed by atoms with Crippen LogP contribution in [0.4, 0.5) is 23.7 Å². The number of amides is 2. The highest BCUT2D eigenvalue weighted by Crippen LogP contribution is 2.34. The van der Waals surface area contributed by atoms with Gasteiger partial charge in [0.05, 0.1) is 21.9 Å². The molecule has 0 spiro atoms. The highest BCUT2D eigenvalue weighted by atomic mass is 35.5. The lowest BCUT2D eigenvalue weighted by Gasteiger charge is -2.36. The quantitative estimate of drug-likeness (QED) is 0.798. The summed E-state index contributed by atoms with van der Waals surface area (Å²) in [7, 11) is 0. The van der Waals surface area contributed by atoms with Crippen LogP contribution in [-0.2, 0) is 6.18 Å². The molecular formula is C13H14ClF3N2O2. The largest absolute Gasteiger partial charge is 0.416 e. The summed E-state index contributed by atoms with van der Waals surface area (Å²) < 4.78 is 37.4. The third-order valence-corrected chi connectivity index (χ3v) is 3.72. The zero-order valence-electron chi connectivity index (χ0n) is 10.9. The third kappa shape index (κ3) is 4.01. The molecule has 0 heterocycles. The van der Waals surface area contributed by atoms with Gasteiger partial charge in [0.2, 0.25) is 0 Å². The number of nitrogens with one attached hydrogen (secondary N) is 2. The minimum atomic E-state index is -4.49. The SMILES string of the molecule is O=C(NCC1(O)CCC1)Nc1ccc(C(F)(F)F)cc1Cl. The van der Waals surface area contributed by atoms with Gasteiger partial charge in [0, 0.05) is 6.54 Å². The van der Waals surface area contributed by atoms with Crippen molar-refractivity contribution in [2.24, 2.45) is 0 Å². The topological polar surface area (TPSA) is 61.4 Å². The van der Waals surface area contributed by atoms with Crippen LogP contribution in [0.3, 0.4) is 0 Å². The smallest absolute Gasteiger partial charge is 0.388 e. The number of carbonyl (C=O) groups is 1. The van der Waals surface area contributed by atoms with Gasteiger partial charge in [-0.2, -0.15) is 13.2 Å². The average molecular weight is 323 g/mol. The van der Waals surface area contributed by atoms with E-state index < -0.39 is 23.4 Å². The van der Waals surface area contributed by atoms with Crippen LogP contribution < -0.4 is 10.6 Å². The first kappa shape index (κ1) is 15.9. The van der Waals surface area contributed by atoms with E-state index >= 15 is 0 Å². The predicted octanol–water partition coefficient (Wildman–Crippen LogP) is 3.40. The normalized spacial score (nSPS) is 17.0. The Balaban J connectivity index is 1.94. The standard InChI is InChI=1S/C13H14ClF3N2O2/c14-9-6-8(13(15,16)17)2-3-10(9)19-11(20)18-7-12(21)4-1-5-12/h2-3,6,21H,1,4-5,7H2,(H2,18,19,20). The average Bonchev–Trinajstić information content (AvgIpc) is 2.35. The first-order valence-corrected chi connectivity index (χ1v) is 6.71. The molecule has 0 saturated heterocycles. The van der Waals surface area contributed by atoms with E-state index in [-0.39, 0.29) is 17.3 Å². The van der Waals surface area contributed by atoms with Crippen LogP contribution in [0.15, 0.2) is 18.2 Å². The summed E-state index contributed by atoms with van der Waals surface area (Å²) >= 11 is 5.72. The lowest BCUT2D eigenvalue weighted by molar-refractivity contribution is -0.137. The number of hydrogen-bond donors (Lipinski definition) is 3. The van der Waals surface area contributed by atoms with Gasteiger partial charge >= 0.3 is 12.2 Å². The Labute approximate surface area is 124 Å². The number of benzene rings is 1. The third-order valence-electron chi connectivity index (χ3n) is 3.41. The summed E-state index contributed by atoms with van der Waals surface area (Å²) in [5, 5.41) is 14.4. The van der Waals surface area contributed by atoms with Crippen molar-refractivity contribution in [1.29, 1.82) is 0 Å². The van der Waals surface area contributed by atoms with Gasteiger partial charge in [0.25, 0.3) is 0 Å². The van der Waals surface area contributed by atoms with E-state index in [1.54, 1.807) is 0 Å². The molecular weight excluding hydrogens is 309 g/mol. The number of anilines is 1. The summed E-state index contributed by atoms with van der Waals surface area (Å²) in [6, 6.07) is 2.04. The van der Waals surface area contributed by atoms with Crippen LogP contribution in [0.2, 0.25) is 5.02 Å². The zero-order chi connectivity index (χ0) is 15.7. The molecule has 0 aromatic heterocycles. The van der Waals surface area contributed by atoms with Crippen molar-refractivity contribution in [2.75, 3.05) is 11.9 Å². The van der Waals surface area contributed by atoms with Gasteiger partial charge in [-0.05, 0) is 37.5 Å². The van der Waals surface area contributed by atoms with Crippen LogP contribution >= 0.6 is 11.6 Å². The molecule has 1 saturated carbocycles. The monoisotopic (exact) mass is 322 g/mol. The number of alkyl halides is 3. The van der Waals surface area contributed by atoms with Crippen molar-refractivity contribution in [3.05, 3.63) is 28.8 Å². The number of carbonyl (C=O) groups excluding carboxylic acids is 1. The summed E-state index contributed by atoms with van der Waals surface area (Å²) in [4.78, 5) is 11.6. The minimum Gasteiger partial charge on any atom is -0.388 e. The molecule has 0 aliphatic heterocycles.